The highest BCUT2D eigenvalue weighted by Gasteiger charge is 2.21. The van der Waals surface area contributed by atoms with E-state index in [0.717, 1.165) is 6.42 Å². The lowest BCUT2D eigenvalue weighted by atomic mass is 10.2. The normalized spacial score (nSPS) is 12.3. The summed E-state index contributed by atoms with van der Waals surface area (Å²) in [6.45, 7) is 7.18. The number of carbonyl (C=O) groups is 2. The number of nitrogens with one attached hydrogen (secondary N) is 1. The summed E-state index contributed by atoms with van der Waals surface area (Å²) in [7, 11) is 0. The quantitative estimate of drug-likeness (QED) is 0.727. The Hall–Kier alpha value is -1.26. The van der Waals surface area contributed by atoms with Gasteiger partial charge in [-0.3, -0.25) is 4.79 Å². The Bertz CT molecular complexity index is 229. The molecule has 0 aliphatic rings. The molecule has 5 heteroatoms. The minimum absolute atomic E-state index is 0.0119. The number of rotatable bonds is 5. The second-order valence-corrected chi connectivity index (χ2v) is 3.88. The van der Waals surface area contributed by atoms with Crippen molar-refractivity contribution >= 4 is 12.0 Å². The van der Waals surface area contributed by atoms with Crippen LogP contribution in [0.1, 0.15) is 34.1 Å². The number of carboxylic acid groups (broad SMARTS) is 1. The molecular formula is C10H20N2O3. The van der Waals surface area contributed by atoms with Crippen LogP contribution < -0.4 is 5.32 Å². The number of hydrogen-bond acceptors (Lipinski definition) is 2. The molecule has 0 heterocycles. The summed E-state index contributed by atoms with van der Waals surface area (Å²) in [6, 6.07) is -0.376. The van der Waals surface area contributed by atoms with Gasteiger partial charge in [0.15, 0.2) is 0 Å². The van der Waals surface area contributed by atoms with Crippen molar-refractivity contribution in [1.82, 2.24) is 10.2 Å². The first kappa shape index (κ1) is 13.7. The van der Waals surface area contributed by atoms with Crippen LogP contribution in [0, 0.1) is 0 Å². The van der Waals surface area contributed by atoms with E-state index in [2.05, 4.69) is 5.32 Å². The van der Waals surface area contributed by atoms with E-state index < -0.39 is 5.97 Å². The van der Waals surface area contributed by atoms with Crippen LogP contribution in [-0.4, -0.2) is 40.6 Å². The largest absolute Gasteiger partial charge is 0.480 e. The summed E-state index contributed by atoms with van der Waals surface area (Å²) in [5, 5.41) is 11.4. The fourth-order valence-electron chi connectivity index (χ4n) is 1.12. The summed E-state index contributed by atoms with van der Waals surface area (Å²) in [5.41, 5.74) is 0. The summed E-state index contributed by atoms with van der Waals surface area (Å²) >= 11 is 0. The predicted octanol–water partition coefficient (Wildman–Crippen LogP) is 1.29. The molecule has 15 heavy (non-hydrogen) atoms. The van der Waals surface area contributed by atoms with E-state index in [9.17, 15) is 9.59 Å². The van der Waals surface area contributed by atoms with Gasteiger partial charge < -0.3 is 15.3 Å². The molecule has 2 N–H and O–H groups in total. The van der Waals surface area contributed by atoms with Gasteiger partial charge in [0, 0.05) is 12.1 Å². The van der Waals surface area contributed by atoms with Gasteiger partial charge in [-0.25, -0.2) is 4.79 Å². The zero-order valence-corrected chi connectivity index (χ0v) is 9.78. The van der Waals surface area contributed by atoms with E-state index in [1.165, 1.54) is 4.90 Å². The van der Waals surface area contributed by atoms with Crippen LogP contribution in [0.3, 0.4) is 0 Å². The molecule has 0 aromatic rings. The number of hydrogen-bond donors (Lipinski definition) is 2. The second-order valence-electron chi connectivity index (χ2n) is 3.88. The monoisotopic (exact) mass is 216 g/mol. The van der Waals surface area contributed by atoms with E-state index in [1.807, 2.05) is 27.7 Å². The summed E-state index contributed by atoms with van der Waals surface area (Å²) < 4.78 is 0. The number of aliphatic carboxylic acids is 1. The van der Waals surface area contributed by atoms with Crippen molar-refractivity contribution in [3.05, 3.63) is 0 Å². The number of amides is 2. The van der Waals surface area contributed by atoms with Crippen molar-refractivity contribution in [1.29, 1.82) is 0 Å². The molecule has 0 saturated heterocycles. The Balaban J connectivity index is 4.47. The average Bonchev–Trinajstić information content (AvgIpc) is 2.11. The molecule has 0 spiro atoms. The van der Waals surface area contributed by atoms with E-state index in [4.69, 9.17) is 5.11 Å². The van der Waals surface area contributed by atoms with Gasteiger partial charge in [0.2, 0.25) is 0 Å². The smallest absolute Gasteiger partial charge is 0.323 e. The predicted molar refractivity (Wildman–Crippen MR) is 57.8 cm³/mol. The molecule has 0 radical (unpaired) electrons. The van der Waals surface area contributed by atoms with Crippen LogP contribution >= 0.6 is 0 Å². The first-order chi connectivity index (χ1) is 6.88. The Morgan fingerprint density at radius 3 is 2.20 bits per heavy atom. The Morgan fingerprint density at radius 1 is 1.33 bits per heavy atom. The van der Waals surface area contributed by atoms with Gasteiger partial charge in [-0.2, -0.15) is 0 Å². The molecule has 0 aromatic heterocycles. The van der Waals surface area contributed by atoms with Crippen molar-refractivity contribution in [3.63, 3.8) is 0 Å². The second kappa shape index (κ2) is 6.27. The number of nitrogens with zero attached hydrogens (tertiary/aromatic N) is 1. The molecule has 0 saturated carbocycles. The van der Waals surface area contributed by atoms with Gasteiger partial charge >= 0.3 is 12.0 Å². The maximum absolute atomic E-state index is 11.6. The lowest BCUT2D eigenvalue weighted by Gasteiger charge is -2.27. The number of urea groups is 1. The molecule has 1 unspecified atom stereocenters. The van der Waals surface area contributed by atoms with Crippen LogP contribution in [0.15, 0.2) is 0 Å². The lowest BCUT2D eigenvalue weighted by Crippen LogP contribution is -2.49. The highest BCUT2D eigenvalue weighted by atomic mass is 16.4. The zero-order chi connectivity index (χ0) is 12.0. The minimum Gasteiger partial charge on any atom is -0.480 e. The summed E-state index contributed by atoms with van der Waals surface area (Å²) in [5.74, 6) is -0.991. The highest BCUT2D eigenvalue weighted by Crippen LogP contribution is 2.03. The van der Waals surface area contributed by atoms with Gasteiger partial charge in [-0.05, 0) is 27.2 Å². The van der Waals surface area contributed by atoms with Gasteiger partial charge in [-0.15, -0.1) is 0 Å². The SMILES string of the molecule is CCC(C)N(CC(=O)O)C(=O)NC(C)C. The first-order valence-electron chi connectivity index (χ1n) is 5.17. The molecule has 0 aliphatic carbocycles. The number of carbonyl (C=O) groups excluding carboxylic acids is 1. The molecule has 0 aromatic carbocycles. The maximum Gasteiger partial charge on any atom is 0.323 e. The third-order valence-electron chi connectivity index (χ3n) is 2.10. The van der Waals surface area contributed by atoms with Gasteiger partial charge in [-0.1, -0.05) is 6.92 Å². The van der Waals surface area contributed by atoms with E-state index >= 15 is 0 Å². The third-order valence-corrected chi connectivity index (χ3v) is 2.10. The zero-order valence-electron chi connectivity index (χ0n) is 9.78. The van der Waals surface area contributed by atoms with Gasteiger partial charge in [0.05, 0.1) is 0 Å². The molecule has 0 fully saturated rings. The Morgan fingerprint density at radius 2 is 1.87 bits per heavy atom. The maximum atomic E-state index is 11.6. The minimum atomic E-state index is -0.991. The molecule has 5 nitrogen and oxygen atoms in total. The molecular weight excluding hydrogens is 196 g/mol. The van der Waals surface area contributed by atoms with Crippen molar-refractivity contribution in [2.45, 2.75) is 46.2 Å². The fraction of sp³-hybridized carbons (Fsp3) is 0.800. The summed E-state index contributed by atoms with van der Waals surface area (Å²) in [4.78, 5) is 23.6. The molecule has 0 rings (SSSR count). The van der Waals surface area contributed by atoms with E-state index in [1.54, 1.807) is 0 Å². The number of carboxylic acids is 1. The Labute approximate surface area is 90.5 Å². The van der Waals surface area contributed by atoms with Crippen LogP contribution in [0.5, 0.6) is 0 Å². The Kier molecular flexibility index (Phi) is 5.74. The van der Waals surface area contributed by atoms with Crippen molar-refractivity contribution in [2.24, 2.45) is 0 Å². The molecule has 1 atom stereocenters. The lowest BCUT2D eigenvalue weighted by molar-refractivity contribution is -0.138. The topological polar surface area (TPSA) is 69.6 Å². The van der Waals surface area contributed by atoms with Gasteiger partial charge in [0.25, 0.3) is 0 Å². The van der Waals surface area contributed by atoms with Crippen LogP contribution in [0.4, 0.5) is 4.79 Å². The molecule has 88 valence electrons. The first-order valence-corrected chi connectivity index (χ1v) is 5.17. The molecule has 2 amide bonds. The molecule has 0 bridgehead atoms. The van der Waals surface area contributed by atoms with Gasteiger partial charge in [0.1, 0.15) is 6.54 Å². The highest BCUT2D eigenvalue weighted by molar-refractivity contribution is 5.80. The average molecular weight is 216 g/mol. The third kappa shape index (κ3) is 5.24. The van der Waals surface area contributed by atoms with Crippen molar-refractivity contribution in [2.75, 3.05) is 6.54 Å². The molecule has 0 aliphatic heterocycles. The van der Waals surface area contributed by atoms with E-state index in [-0.39, 0.29) is 24.7 Å². The van der Waals surface area contributed by atoms with E-state index in [0.29, 0.717) is 0 Å². The van der Waals surface area contributed by atoms with Crippen LogP contribution in [0.2, 0.25) is 0 Å². The standard InChI is InChI=1S/C10H20N2O3/c1-5-8(4)12(6-9(13)14)10(15)11-7(2)3/h7-8H,5-6H2,1-4H3,(H,11,15)(H,13,14). The van der Waals surface area contributed by atoms with Crippen LogP contribution in [0.25, 0.3) is 0 Å². The van der Waals surface area contributed by atoms with Crippen LogP contribution in [-0.2, 0) is 4.79 Å². The summed E-state index contributed by atoms with van der Waals surface area (Å²) in [6.07, 6.45) is 0.735. The fourth-order valence-corrected chi connectivity index (χ4v) is 1.12. The van der Waals surface area contributed by atoms with Crippen molar-refractivity contribution < 1.29 is 14.7 Å². The van der Waals surface area contributed by atoms with Crippen molar-refractivity contribution in [3.8, 4) is 0 Å².